The number of ether oxygens (including phenoxy) is 1. The summed E-state index contributed by atoms with van der Waals surface area (Å²) in [6.45, 7) is 0.342. The van der Waals surface area contributed by atoms with Crippen LogP contribution in [0.25, 0.3) is 5.70 Å². The second kappa shape index (κ2) is 10.7. The molecular weight excluding hydrogens is 464 g/mol. The van der Waals surface area contributed by atoms with Crippen LogP contribution in [0.3, 0.4) is 0 Å². The zero-order valence-electron chi connectivity index (χ0n) is 18.8. The minimum Gasteiger partial charge on any atom is -0.497 e. The second-order valence-electron chi connectivity index (χ2n) is 7.66. The van der Waals surface area contributed by atoms with Crippen molar-refractivity contribution in [1.82, 2.24) is 10.6 Å². The fourth-order valence-corrected chi connectivity index (χ4v) is 3.73. The maximum Gasteiger partial charge on any atom is 0.264 e. The Kier molecular flexibility index (Phi) is 7.24. The number of benzene rings is 3. The lowest BCUT2D eigenvalue weighted by Crippen LogP contribution is -2.30. The Morgan fingerprint density at radius 2 is 1.69 bits per heavy atom. The Balaban J connectivity index is 1.53. The van der Waals surface area contributed by atoms with Crippen molar-refractivity contribution in [3.63, 3.8) is 0 Å². The first-order valence-electron chi connectivity index (χ1n) is 10.8. The minimum absolute atomic E-state index is 0.122. The minimum atomic E-state index is -0.528. The molecule has 0 atom stereocenters. The first kappa shape index (κ1) is 23.7. The van der Waals surface area contributed by atoms with Crippen molar-refractivity contribution in [2.75, 3.05) is 13.7 Å². The van der Waals surface area contributed by atoms with Gasteiger partial charge in [0.2, 0.25) is 0 Å². The third kappa shape index (κ3) is 5.40. The fraction of sp³-hybridized carbons (Fsp3) is 0.111. The van der Waals surface area contributed by atoms with Crippen LogP contribution in [-0.4, -0.2) is 31.3 Å². The number of fused-ring (bicyclic) bond motifs is 1. The largest absolute Gasteiger partial charge is 0.497 e. The standard InChI is InChI=1S/C27H21ClN4O3/c1-35-20-12-6-17(7-13-20)14-15-30-27(34)23(16-29)24-21-4-2-3-5-22(21)25(31-24)32-26(33)18-8-10-19(28)11-9-18/h2-13H,14-15H2,1H3,(H,30,34)(H,31,32,33). The molecule has 0 aromatic heterocycles. The number of amides is 2. The quantitative estimate of drug-likeness (QED) is 0.405. The van der Waals surface area contributed by atoms with Gasteiger partial charge in [0.25, 0.3) is 11.8 Å². The van der Waals surface area contributed by atoms with Crippen LogP contribution >= 0.6 is 11.6 Å². The van der Waals surface area contributed by atoms with Crippen molar-refractivity contribution in [3.05, 3.63) is 106 Å². The van der Waals surface area contributed by atoms with E-state index in [2.05, 4.69) is 15.6 Å². The van der Waals surface area contributed by atoms with Crippen LogP contribution < -0.4 is 15.4 Å². The number of amidine groups is 1. The monoisotopic (exact) mass is 484 g/mol. The second-order valence-corrected chi connectivity index (χ2v) is 8.09. The number of hydrogen-bond acceptors (Lipinski definition) is 5. The zero-order chi connectivity index (χ0) is 24.8. The van der Waals surface area contributed by atoms with Crippen LogP contribution in [0.5, 0.6) is 5.75 Å². The van der Waals surface area contributed by atoms with E-state index in [1.807, 2.05) is 30.3 Å². The molecular formula is C27H21ClN4O3. The van der Waals surface area contributed by atoms with Crippen molar-refractivity contribution in [1.29, 1.82) is 5.26 Å². The average Bonchev–Trinajstić information content (AvgIpc) is 3.23. The average molecular weight is 485 g/mol. The number of rotatable bonds is 6. The molecule has 0 fully saturated rings. The molecule has 0 unspecified atom stereocenters. The lowest BCUT2D eigenvalue weighted by Gasteiger charge is -2.07. The smallest absolute Gasteiger partial charge is 0.264 e. The number of carbonyl (C=O) groups excluding carboxylic acids is 2. The lowest BCUT2D eigenvalue weighted by molar-refractivity contribution is -0.117. The first-order valence-corrected chi connectivity index (χ1v) is 11.2. The Hall–Kier alpha value is -4.41. The van der Waals surface area contributed by atoms with Gasteiger partial charge in [-0.1, -0.05) is 48.0 Å². The molecule has 1 heterocycles. The lowest BCUT2D eigenvalue weighted by atomic mass is 10.0. The third-order valence-corrected chi connectivity index (χ3v) is 5.69. The summed E-state index contributed by atoms with van der Waals surface area (Å²) in [6.07, 6.45) is 0.589. The molecule has 3 aromatic rings. The normalized spacial score (nSPS) is 13.2. The molecule has 3 aromatic carbocycles. The Morgan fingerprint density at radius 1 is 1.00 bits per heavy atom. The maximum absolute atomic E-state index is 12.9. The molecule has 0 radical (unpaired) electrons. The van der Waals surface area contributed by atoms with Gasteiger partial charge in [-0.25, -0.2) is 4.99 Å². The van der Waals surface area contributed by atoms with E-state index >= 15 is 0 Å². The fourth-order valence-electron chi connectivity index (χ4n) is 3.61. The molecule has 0 bridgehead atoms. The Labute approximate surface area is 207 Å². The van der Waals surface area contributed by atoms with Crippen molar-refractivity contribution < 1.29 is 14.3 Å². The Bertz CT molecular complexity index is 1370. The number of nitrogens with zero attached hydrogens (tertiary/aromatic N) is 2. The molecule has 0 spiro atoms. The van der Waals surface area contributed by atoms with E-state index in [1.165, 1.54) is 0 Å². The highest BCUT2D eigenvalue weighted by Crippen LogP contribution is 2.30. The third-order valence-electron chi connectivity index (χ3n) is 5.43. The van der Waals surface area contributed by atoms with E-state index in [9.17, 15) is 14.9 Å². The molecule has 0 aliphatic carbocycles. The SMILES string of the molecule is COc1ccc(CCNC(=O)C(C#N)=C2N=C(NC(=O)c3ccc(Cl)cc3)c3ccccc32)cc1. The predicted molar refractivity (Wildman–Crippen MR) is 134 cm³/mol. The highest BCUT2D eigenvalue weighted by molar-refractivity contribution is 6.30. The summed E-state index contributed by atoms with van der Waals surface area (Å²) in [5.74, 6) is 0.124. The van der Waals surface area contributed by atoms with E-state index in [0.29, 0.717) is 34.7 Å². The summed E-state index contributed by atoms with van der Waals surface area (Å²) >= 11 is 5.90. The van der Waals surface area contributed by atoms with Crippen molar-refractivity contribution >= 4 is 34.9 Å². The number of methoxy groups -OCH3 is 1. The number of halogens is 1. The van der Waals surface area contributed by atoms with E-state index in [-0.39, 0.29) is 23.0 Å². The number of hydrogen-bond donors (Lipinski definition) is 2. The molecule has 1 aliphatic rings. The molecule has 1 aliphatic heterocycles. The predicted octanol–water partition coefficient (Wildman–Crippen LogP) is 4.13. The summed E-state index contributed by atoms with van der Waals surface area (Å²) in [4.78, 5) is 30.0. The van der Waals surface area contributed by atoms with Gasteiger partial charge < -0.3 is 15.4 Å². The first-order chi connectivity index (χ1) is 17.0. The summed E-state index contributed by atoms with van der Waals surface area (Å²) in [6, 6.07) is 23.1. The molecule has 0 saturated heterocycles. The van der Waals surface area contributed by atoms with Gasteiger partial charge in [0.15, 0.2) is 0 Å². The molecule has 7 nitrogen and oxygen atoms in total. The van der Waals surface area contributed by atoms with Crippen LogP contribution in [0.1, 0.15) is 27.0 Å². The van der Waals surface area contributed by atoms with Gasteiger partial charge in [0.1, 0.15) is 23.2 Å². The summed E-state index contributed by atoms with van der Waals surface area (Å²) in [5, 5.41) is 15.9. The molecule has 2 N–H and O–H groups in total. The van der Waals surface area contributed by atoms with Gasteiger partial charge in [-0.05, 0) is 48.4 Å². The van der Waals surface area contributed by atoms with Crippen molar-refractivity contribution in [3.8, 4) is 11.8 Å². The van der Waals surface area contributed by atoms with Gasteiger partial charge >= 0.3 is 0 Å². The summed E-state index contributed by atoms with van der Waals surface area (Å²) in [7, 11) is 1.60. The molecule has 4 rings (SSSR count). The van der Waals surface area contributed by atoms with Crippen LogP contribution in [0.15, 0.2) is 83.4 Å². The van der Waals surface area contributed by atoms with Crippen LogP contribution in [0.4, 0.5) is 0 Å². The Morgan fingerprint density at radius 3 is 2.34 bits per heavy atom. The molecule has 0 saturated carbocycles. The van der Waals surface area contributed by atoms with Crippen LogP contribution in [0, 0.1) is 11.3 Å². The van der Waals surface area contributed by atoms with E-state index in [1.54, 1.807) is 55.6 Å². The number of nitrogens with one attached hydrogen (secondary N) is 2. The van der Waals surface area contributed by atoms with Gasteiger partial charge in [0, 0.05) is 28.3 Å². The van der Waals surface area contributed by atoms with Gasteiger partial charge in [-0.2, -0.15) is 5.26 Å². The highest BCUT2D eigenvalue weighted by Gasteiger charge is 2.27. The van der Waals surface area contributed by atoms with E-state index in [4.69, 9.17) is 16.3 Å². The van der Waals surface area contributed by atoms with Crippen LogP contribution in [-0.2, 0) is 11.2 Å². The summed E-state index contributed by atoms with van der Waals surface area (Å²) < 4.78 is 5.15. The molecule has 8 heteroatoms. The number of nitriles is 1. The van der Waals surface area contributed by atoms with E-state index < -0.39 is 5.91 Å². The molecule has 174 valence electrons. The van der Waals surface area contributed by atoms with Gasteiger partial charge in [0.05, 0.1) is 12.8 Å². The maximum atomic E-state index is 12.9. The zero-order valence-corrected chi connectivity index (χ0v) is 19.6. The number of carbonyl (C=O) groups is 2. The highest BCUT2D eigenvalue weighted by atomic mass is 35.5. The van der Waals surface area contributed by atoms with Crippen molar-refractivity contribution in [2.45, 2.75) is 6.42 Å². The van der Waals surface area contributed by atoms with Crippen molar-refractivity contribution in [2.24, 2.45) is 4.99 Å². The molecule has 2 amide bonds. The van der Waals surface area contributed by atoms with Gasteiger partial charge in [-0.3, -0.25) is 9.59 Å². The molecule has 35 heavy (non-hydrogen) atoms. The number of aliphatic imine (C=N–C) groups is 1. The topological polar surface area (TPSA) is 104 Å². The summed E-state index contributed by atoms with van der Waals surface area (Å²) in [5.41, 5.74) is 2.75. The van der Waals surface area contributed by atoms with E-state index in [0.717, 1.165) is 11.3 Å². The van der Waals surface area contributed by atoms with Gasteiger partial charge in [-0.15, -0.1) is 0 Å². The van der Waals surface area contributed by atoms with Crippen LogP contribution in [0.2, 0.25) is 5.02 Å².